The fourth-order valence-corrected chi connectivity index (χ4v) is 1.47. The molecule has 0 saturated carbocycles. The van der Waals surface area contributed by atoms with Crippen molar-refractivity contribution >= 4 is 11.3 Å². The van der Waals surface area contributed by atoms with E-state index in [2.05, 4.69) is 6.92 Å². The Kier molecular flexibility index (Phi) is 5.61. The molecule has 0 atom stereocenters. The van der Waals surface area contributed by atoms with Crippen LogP contribution in [0.15, 0.2) is 16.8 Å². The molecule has 0 aliphatic heterocycles. The average molecular weight is 200 g/mol. The number of hydrogen-bond donors (Lipinski definition) is 0. The van der Waals surface area contributed by atoms with E-state index in [-0.39, 0.29) is 0 Å². The van der Waals surface area contributed by atoms with E-state index < -0.39 is 0 Å². The Labute approximate surface area is 83.5 Å². The van der Waals surface area contributed by atoms with Gasteiger partial charge in [-0.05, 0) is 17.9 Å². The molecule has 0 amide bonds. The van der Waals surface area contributed by atoms with Gasteiger partial charge in [-0.25, -0.2) is 0 Å². The third-order valence-electron chi connectivity index (χ3n) is 1.63. The van der Waals surface area contributed by atoms with E-state index in [0.717, 1.165) is 18.8 Å². The summed E-state index contributed by atoms with van der Waals surface area (Å²) < 4.78 is 10.8. The van der Waals surface area contributed by atoms with Crippen LogP contribution < -0.4 is 4.74 Å². The zero-order valence-corrected chi connectivity index (χ0v) is 8.81. The SMILES string of the molecule is CCCCOCCOc1ccsc1. The van der Waals surface area contributed by atoms with Crippen LogP contribution in [-0.4, -0.2) is 19.8 Å². The summed E-state index contributed by atoms with van der Waals surface area (Å²) in [5.74, 6) is 0.948. The Morgan fingerprint density at radius 3 is 2.92 bits per heavy atom. The minimum atomic E-state index is 0.653. The lowest BCUT2D eigenvalue weighted by Crippen LogP contribution is -2.06. The van der Waals surface area contributed by atoms with Gasteiger partial charge in [0.1, 0.15) is 12.4 Å². The molecular weight excluding hydrogens is 184 g/mol. The molecule has 0 unspecified atom stereocenters. The van der Waals surface area contributed by atoms with E-state index in [1.165, 1.54) is 6.42 Å². The molecule has 0 radical (unpaired) electrons. The highest BCUT2D eigenvalue weighted by atomic mass is 32.1. The summed E-state index contributed by atoms with van der Waals surface area (Å²) in [5, 5.41) is 4.00. The molecule has 0 saturated heterocycles. The van der Waals surface area contributed by atoms with Gasteiger partial charge in [-0.1, -0.05) is 13.3 Å². The van der Waals surface area contributed by atoms with Gasteiger partial charge in [-0.2, -0.15) is 0 Å². The molecule has 0 spiro atoms. The van der Waals surface area contributed by atoms with Gasteiger partial charge in [0.2, 0.25) is 0 Å². The second-order valence-electron chi connectivity index (χ2n) is 2.77. The van der Waals surface area contributed by atoms with Crippen molar-refractivity contribution in [2.75, 3.05) is 19.8 Å². The zero-order chi connectivity index (χ0) is 9.36. The smallest absolute Gasteiger partial charge is 0.130 e. The maximum Gasteiger partial charge on any atom is 0.130 e. The first-order valence-electron chi connectivity index (χ1n) is 4.66. The number of ether oxygens (including phenoxy) is 2. The molecule has 13 heavy (non-hydrogen) atoms. The predicted octanol–water partition coefficient (Wildman–Crippen LogP) is 2.94. The van der Waals surface area contributed by atoms with E-state index in [9.17, 15) is 0 Å². The molecular formula is C10H16O2S. The summed E-state index contributed by atoms with van der Waals surface area (Å²) in [7, 11) is 0. The Balaban J connectivity index is 1.90. The minimum Gasteiger partial charge on any atom is -0.490 e. The Morgan fingerprint density at radius 1 is 1.31 bits per heavy atom. The monoisotopic (exact) mass is 200 g/mol. The van der Waals surface area contributed by atoms with Gasteiger partial charge >= 0.3 is 0 Å². The molecule has 0 aliphatic rings. The van der Waals surface area contributed by atoms with Crippen LogP contribution in [-0.2, 0) is 4.74 Å². The van der Waals surface area contributed by atoms with Gasteiger partial charge in [0.15, 0.2) is 0 Å². The van der Waals surface area contributed by atoms with Crippen molar-refractivity contribution in [1.82, 2.24) is 0 Å². The molecule has 1 aromatic rings. The standard InChI is InChI=1S/C10H16O2S/c1-2-3-5-11-6-7-12-10-4-8-13-9-10/h4,8-9H,2-3,5-7H2,1H3. The van der Waals surface area contributed by atoms with Gasteiger partial charge in [0, 0.05) is 12.0 Å². The molecule has 0 N–H and O–H groups in total. The summed E-state index contributed by atoms with van der Waals surface area (Å²) in [6.07, 6.45) is 2.32. The lowest BCUT2D eigenvalue weighted by molar-refractivity contribution is 0.0982. The fourth-order valence-electron chi connectivity index (χ4n) is 0.901. The first-order chi connectivity index (χ1) is 6.43. The summed E-state index contributed by atoms with van der Waals surface area (Å²) in [6, 6.07) is 1.97. The van der Waals surface area contributed by atoms with Crippen molar-refractivity contribution in [3.63, 3.8) is 0 Å². The largest absolute Gasteiger partial charge is 0.490 e. The number of rotatable bonds is 7. The third-order valence-corrected chi connectivity index (χ3v) is 2.30. The number of hydrogen-bond acceptors (Lipinski definition) is 3. The summed E-state index contributed by atoms with van der Waals surface area (Å²) in [6.45, 7) is 4.35. The first kappa shape index (κ1) is 10.5. The second kappa shape index (κ2) is 6.92. The van der Waals surface area contributed by atoms with Crippen molar-refractivity contribution in [1.29, 1.82) is 0 Å². The van der Waals surface area contributed by atoms with Crippen molar-refractivity contribution in [3.05, 3.63) is 16.8 Å². The van der Waals surface area contributed by atoms with E-state index >= 15 is 0 Å². The highest BCUT2D eigenvalue weighted by molar-refractivity contribution is 7.08. The van der Waals surface area contributed by atoms with Crippen molar-refractivity contribution in [2.24, 2.45) is 0 Å². The van der Waals surface area contributed by atoms with Crippen LogP contribution in [0.5, 0.6) is 5.75 Å². The zero-order valence-electron chi connectivity index (χ0n) is 7.99. The maximum absolute atomic E-state index is 5.41. The molecule has 1 aromatic heterocycles. The molecule has 0 fully saturated rings. The maximum atomic E-state index is 5.41. The van der Waals surface area contributed by atoms with Gasteiger partial charge < -0.3 is 9.47 Å². The highest BCUT2D eigenvalue weighted by Gasteiger charge is 1.92. The van der Waals surface area contributed by atoms with Crippen molar-refractivity contribution in [2.45, 2.75) is 19.8 Å². The van der Waals surface area contributed by atoms with Crippen molar-refractivity contribution < 1.29 is 9.47 Å². The Bertz CT molecular complexity index is 197. The van der Waals surface area contributed by atoms with E-state index in [4.69, 9.17) is 9.47 Å². The average Bonchev–Trinajstić information content (AvgIpc) is 2.63. The molecule has 0 aromatic carbocycles. The van der Waals surface area contributed by atoms with Gasteiger partial charge in [-0.3, -0.25) is 0 Å². The lowest BCUT2D eigenvalue weighted by atomic mass is 10.4. The van der Waals surface area contributed by atoms with Crippen LogP contribution in [0, 0.1) is 0 Å². The fraction of sp³-hybridized carbons (Fsp3) is 0.600. The van der Waals surface area contributed by atoms with Crippen LogP contribution in [0.4, 0.5) is 0 Å². The topological polar surface area (TPSA) is 18.5 Å². The first-order valence-corrected chi connectivity index (χ1v) is 5.60. The lowest BCUT2D eigenvalue weighted by Gasteiger charge is -2.04. The van der Waals surface area contributed by atoms with Crippen molar-refractivity contribution in [3.8, 4) is 5.75 Å². The van der Waals surface area contributed by atoms with Crippen LogP contribution >= 0.6 is 11.3 Å². The molecule has 2 nitrogen and oxygen atoms in total. The van der Waals surface area contributed by atoms with Crippen LogP contribution in [0.2, 0.25) is 0 Å². The summed E-state index contributed by atoms with van der Waals surface area (Å²) >= 11 is 1.65. The van der Waals surface area contributed by atoms with Gasteiger partial charge in [0.25, 0.3) is 0 Å². The second-order valence-corrected chi connectivity index (χ2v) is 3.55. The molecule has 1 heterocycles. The minimum absolute atomic E-state index is 0.653. The van der Waals surface area contributed by atoms with Crippen LogP contribution in [0.3, 0.4) is 0 Å². The quantitative estimate of drug-likeness (QED) is 0.630. The molecule has 74 valence electrons. The van der Waals surface area contributed by atoms with Gasteiger partial charge in [0.05, 0.1) is 6.61 Å². The van der Waals surface area contributed by atoms with E-state index in [1.807, 2.05) is 16.8 Å². The third kappa shape index (κ3) is 4.90. The van der Waals surface area contributed by atoms with E-state index in [0.29, 0.717) is 13.2 Å². The summed E-state index contributed by atoms with van der Waals surface area (Å²) in [5.41, 5.74) is 0. The predicted molar refractivity (Wildman–Crippen MR) is 55.5 cm³/mol. The Hall–Kier alpha value is -0.540. The molecule has 0 aliphatic carbocycles. The van der Waals surface area contributed by atoms with Crippen LogP contribution in [0.1, 0.15) is 19.8 Å². The van der Waals surface area contributed by atoms with E-state index in [1.54, 1.807) is 11.3 Å². The number of thiophene rings is 1. The normalized spacial score (nSPS) is 10.2. The van der Waals surface area contributed by atoms with Crippen LogP contribution in [0.25, 0.3) is 0 Å². The molecule has 0 bridgehead atoms. The highest BCUT2D eigenvalue weighted by Crippen LogP contribution is 2.14. The Morgan fingerprint density at radius 2 is 2.23 bits per heavy atom. The number of unbranched alkanes of at least 4 members (excludes halogenated alkanes) is 1. The summed E-state index contributed by atoms with van der Waals surface area (Å²) in [4.78, 5) is 0. The molecule has 3 heteroatoms. The molecule has 1 rings (SSSR count). The van der Waals surface area contributed by atoms with Gasteiger partial charge in [-0.15, -0.1) is 11.3 Å².